The number of hydrogen-bond acceptors (Lipinski definition) is 5. The Balaban J connectivity index is 2.84. The number of aromatic nitrogens is 2. The number of rotatable bonds is 5. The van der Waals surface area contributed by atoms with Crippen LogP contribution < -0.4 is 0 Å². The van der Waals surface area contributed by atoms with Crippen LogP contribution in [0, 0.1) is 26.2 Å². The second kappa shape index (κ2) is 6.86. The van der Waals surface area contributed by atoms with E-state index in [9.17, 15) is 4.79 Å². The maximum Gasteiger partial charge on any atom is 0.303 e. The molecular formula is C14H19N3O2. The predicted molar refractivity (Wildman–Crippen MR) is 72.1 cm³/mol. The van der Waals surface area contributed by atoms with E-state index >= 15 is 0 Å². The summed E-state index contributed by atoms with van der Waals surface area (Å²) in [6.07, 6.45) is 5.27. The Bertz CT molecular complexity index is 506. The standard InChI is InChI=1S/C14H19N3O2/c1-6-7-17(5)8-13-10(2)16-14(11(3)15-13)9-19-12(4)18/h1H,7-9H2,2-5H3. The van der Waals surface area contributed by atoms with Gasteiger partial charge in [-0.05, 0) is 20.9 Å². The lowest BCUT2D eigenvalue weighted by atomic mass is 10.2. The molecular weight excluding hydrogens is 242 g/mol. The number of carbonyl (C=O) groups is 1. The molecule has 0 saturated carbocycles. The van der Waals surface area contributed by atoms with Gasteiger partial charge in [-0.25, -0.2) is 0 Å². The Hall–Kier alpha value is -1.93. The van der Waals surface area contributed by atoms with Crippen LogP contribution in [0.3, 0.4) is 0 Å². The van der Waals surface area contributed by atoms with Gasteiger partial charge in [-0.2, -0.15) is 0 Å². The minimum absolute atomic E-state index is 0.162. The molecule has 0 saturated heterocycles. The lowest BCUT2D eigenvalue weighted by Crippen LogP contribution is -2.20. The SMILES string of the molecule is C#CCN(C)Cc1nc(C)c(COC(C)=O)nc1C. The molecule has 0 aliphatic rings. The molecule has 1 aromatic heterocycles. The molecule has 1 aromatic rings. The van der Waals surface area contributed by atoms with Crippen molar-refractivity contribution in [1.29, 1.82) is 0 Å². The zero-order chi connectivity index (χ0) is 14.4. The zero-order valence-corrected chi connectivity index (χ0v) is 11.9. The summed E-state index contributed by atoms with van der Waals surface area (Å²) in [5.74, 6) is 2.26. The van der Waals surface area contributed by atoms with Gasteiger partial charge < -0.3 is 4.74 Å². The fourth-order valence-corrected chi connectivity index (χ4v) is 1.62. The van der Waals surface area contributed by atoms with E-state index in [1.54, 1.807) is 0 Å². The van der Waals surface area contributed by atoms with Crippen LogP contribution in [0.25, 0.3) is 0 Å². The molecule has 0 amide bonds. The second-order valence-electron chi connectivity index (χ2n) is 4.44. The Morgan fingerprint density at radius 2 is 1.89 bits per heavy atom. The van der Waals surface area contributed by atoms with Gasteiger partial charge in [0.05, 0.1) is 29.3 Å². The van der Waals surface area contributed by atoms with Gasteiger partial charge in [-0.15, -0.1) is 6.42 Å². The molecule has 0 unspecified atom stereocenters. The van der Waals surface area contributed by atoms with Crippen LogP contribution in [0.1, 0.15) is 29.7 Å². The van der Waals surface area contributed by atoms with Crippen LogP contribution in [0.15, 0.2) is 0 Å². The summed E-state index contributed by atoms with van der Waals surface area (Å²) in [4.78, 5) is 21.7. The molecule has 5 nitrogen and oxygen atoms in total. The first-order chi connectivity index (χ1) is 8.93. The maximum absolute atomic E-state index is 10.8. The van der Waals surface area contributed by atoms with Gasteiger partial charge >= 0.3 is 5.97 Å². The number of nitrogens with zero attached hydrogens (tertiary/aromatic N) is 3. The first kappa shape index (κ1) is 15.1. The van der Waals surface area contributed by atoms with E-state index in [0.29, 0.717) is 18.8 Å². The fourth-order valence-electron chi connectivity index (χ4n) is 1.62. The van der Waals surface area contributed by atoms with E-state index in [1.165, 1.54) is 6.92 Å². The zero-order valence-electron chi connectivity index (χ0n) is 11.9. The lowest BCUT2D eigenvalue weighted by molar-refractivity contribution is -0.142. The molecule has 0 aliphatic heterocycles. The summed E-state index contributed by atoms with van der Waals surface area (Å²) in [6, 6.07) is 0. The Morgan fingerprint density at radius 3 is 2.47 bits per heavy atom. The molecule has 0 spiro atoms. The van der Waals surface area contributed by atoms with Crippen molar-refractivity contribution in [3.63, 3.8) is 0 Å². The molecule has 0 radical (unpaired) electrons. The average molecular weight is 261 g/mol. The monoisotopic (exact) mass is 261 g/mol. The summed E-state index contributed by atoms with van der Waals surface area (Å²) < 4.78 is 4.94. The number of ether oxygens (including phenoxy) is 1. The van der Waals surface area contributed by atoms with E-state index in [-0.39, 0.29) is 12.6 Å². The molecule has 0 bridgehead atoms. The van der Waals surface area contributed by atoms with E-state index < -0.39 is 0 Å². The molecule has 1 heterocycles. The third kappa shape index (κ3) is 4.68. The first-order valence-electron chi connectivity index (χ1n) is 6.02. The molecule has 0 fully saturated rings. The summed E-state index contributed by atoms with van der Waals surface area (Å²) in [7, 11) is 1.93. The normalized spacial score (nSPS) is 10.3. The van der Waals surface area contributed by atoms with Gasteiger partial charge in [-0.1, -0.05) is 5.92 Å². The van der Waals surface area contributed by atoms with Crippen molar-refractivity contribution in [2.24, 2.45) is 0 Å². The molecule has 19 heavy (non-hydrogen) atoms. The topological polar surface area (TPSA) is 55.3 Å². The average Bonchev–Trinajstić information content (AvgIpc) is 2.31. The van der Waals surface area contributed by atoms with Gasteiger partial charge in [0.15, 0.2) is 0 Å². The number of terminal acetylenes is 1. The van der Waals surface area contributed by atoms with Gasteiger partial charge in [0.2, 0.25) is 0 Å². The van der Waals surface area contributed by atoms with Crippen molar-refractivity contribution in [3.8, 4) is 12.3 Å². The number of hydrogen-bond donors (Lipinski definition) is 0. The molecule has 0 N–H and O–H groups in total. The van der Waals surface area contributed by atoms with Crippen LogP contribution in [0.4, 0.5) is 0 Å². The largest absolute Gasteiger partial charge is 0.459 e. The van der Waals surface area contributed by atoms with Gasteiger partial charge in [-0.3, -0.25) is 19.7 Å². The van der Waals surface area contributed by atoms with Crippen LogP contribution in [-0.2, 0) is 22.7 Å². The number of aryl methyl sites for hydroxylation is 2. The molecule has 102 valence electrons. The van der Waals surface area contributed by atoms with Crippen LogP contribution in [0.5, 0.6) is 0 Å². The third-order valence-corrected chi connectivity index (χ3v) is 2.63. The van der Waals surface area contributed by atoms with Gasteiger partial charge in [0, 0.05) is 13.5 Å². The fraction of sp³-hybridized carbons (Fsp3) is 0.500. The van der Waals surface area contributed by atoms with Gasteiger partial charge in [0.1, 0.15) is 6.61 Å². The van der Waals surface area contributed by atoms with E-state index in [2.05, 4.69) is 15.9 Å². The minimum Gasteiger partial charge on any atom is -0.459 e. The highest BCUT2D eigenvalue weighted by Gasteiger charge is 2.10. The van der Waals surface area contributed by atoms with Crippen LogP contribution in [-0.4, -0.2) is 34.4 Å². The molecule has 1 rings (SSSR count). The van der Waals surface area contributed by atoms with E-state index in [4.69, 9.17) is 11.2 Å². The quantitative estimate of drug-likeness (QED) is 0.589. The van der Waals surface area contributed by atoms with Crippen molar-refractivity contribution in [2.75, 3.05) is 13.6 Å². The first-order valence-corrected chi connectivity index (χ1v) is 6.02. The van der Waals surface area contributed by atoms with Crippen molar-refractivity contribution in [1.82, 2.24) is 14.9 Å². The summed E-state index contributed by atoms with van der Waals surface area (Å²) in [6.45, 7) is 6.50. The van der Waals surface area contributed by atoms with Crippen molar-refractivity contribution in [3.05, 3.63) is 22.8 Å². The highest BCUT2D eigenvalue weighted by Crippen LogP contribution is 2.11. The summed E-state index contributed by atoms with van der Waals surface area (Å²) in [5, 5.41) is 0. The number of esters is 1. The van der Waals surface area contributed by atoms with Crippen LogP contribution in [0.2, 0.25) is 0 Å². The number of carbonyl (C=O) groups excluding carboxylic acids is 1. The van der Waals surface area contributed by atoms with Crippen molar-refractivity contribution < 1.29 is 9.53 Å². The smallest absolute Gasteiger partial charge is 0.303 e. The van der Waals surface area contributed by atoms with Gasteiger partial charge in [0.25, 0.3) is 0 Å². The second-order valence-corrected chi connectivity index (χ2v) is 4.44. The minimum atomic E-state index is -0.323. The van der Waals surface area contributed by atoms with E-state index in [0.717, 1.165) is 17.1 Å². The van der Waals surface area contributed by atoms with Crippen LogP contribution >= 0.6 is 0 Å². The van der Waals surface area contributed by atoms with Crippen molar-refractivity contribution in [2.45, 2.75) is 33.9 Å². The highest BCUT2D eigenvalue weighted by molar-refractivity contribution is 5.65. The Labute approximate surface area is 114 Å². The maximum atomic E-state index is 10.8. The highest BCUT2D eigenvalue weighted by atomic mass is 16.5. The lowest BCUT2D eigenvalue weighted by Gasteiger charge is -2.15. The summed E-state index contributed by atoms with van der Waals surface area (Å²) in [5.41, 5.74) is 3.19. The molecule has 0 aliphatic carbocycles. The van der Waals surface area contributed by atoms with Crippen molar-refractivity contribution >= 4 is 5.97 Å². The third-order valence-electron chi connectivity index (χ3n) is 2.63. The molecule has 0 aromatic carbocycles. The predicted octanol–water partition coefficient (Wildman–Crippen LogP) is 1.22. The molecule has 0 atom stereocenters. The Kier molecular flexibility index (Phi) is 5.46. The Morgan fingerprint density at radius 1 is 1.32 bits per heavy atom. The summed E-state index contributed by atoms with van der Waals surface area (Å²) >= 11 is 0. The molecule has 5 heteroatoms. The van der Waals surface area contributed by atoms with E-state index in [1.807, 2.05) is 25.8 Å².